The van der Waals surface area contributed by atoms with Crippen LogP contribution in [0.25, 0.3) is 0 Å². The molecule has 0 saturated carbocycles. The Balaban J connectivity index is 0.00000144. The molecular weight excluding hydrogens is 252 g/mol. The summed E-state index contributed by atoms with van der Waals surface area (Å²) in [5, 5.41) is 5.43. The minimum absolute atomic E-state index is 0. The van der Waals surface area contributed by atoms with Gasteiger partial charge in [-0.1, -0.05) is 6.92 Å². The van der Waals surface area contributed by atoms with Gasteiger partial charge in [0.15, 0.2) is 0 Å². The molecule has 1 aromatic heterocycles. The second-order valence-corrected chi connectivity index (χ2v) is 5.15. The number of thiophene rings is 1. The summed E-state index contributed by atoms with van der Waals surface area (Å²) in [6.07, 6.45) is 3.16. The number of nitrogens with one attached hydrogen (secondary N) is 1. The predicted molar refractivity (Wildman–Crippen MR) is 78.4 cm³/mol. The molecule has 0 bridgehead atoms. The molecule has 4 heteroatoms. The first-order valence-electron chi connectivity index (χ1n) is 5.68. The highest BCUT2D eigenvalue weighted by atomic mass is 35.5. The van der Waals surface area contributed by atoms with Crippen LogP contribution in [0.4, 0.5) is 0 Å². The smallest absolute Gasteiger partial charge is 0.109 e. The molecule has 0 fully saturated rings. The second kappa shape index (κ2) is 5.69. The predicted octanol–water partition coefficient (Wildman–Crippen LogP) is 4.14. The molecule has 1 aromatic rings. The van der Waals surface area contributed by atoms with Gasteiger partial charge in [0.05, 0.1) is 5.84 Å². The lowest BCUT2D eigenvalue weighted by Gasteiger charge is -2.21. The summed E-state index contributed by atoms with van der Waals surface area (Å²) in [5.74, 6) is 1.01. The van der Waals surface area contributed by atoms with Crippen molar-refractivity contribution in [2.75, 3.05) is 0 Å². The van der Waals surface area contributed by atoms with Gasteiger partial charge in [-0.3, -0.25) is 4.99 Å². The lowest BCUT2D eigenvalue weighted by molar-refractivity contribution is 0.775. The van der Waals surface area contributed by atoms with Gasteiger partial charge in [0.2, 0.25) is 0 Å². The van der Waals surface area contributed by atoms with Crippen LogP contribution in [0.3, 0.4) is 0 Å². The fourth-order valence-electron chi connectivity index (χ4n) is 1.90. The standard InChI is InChI=1S/C13H18N2S.ClH/c1-5-11-6-14-10(4)15-12(11)13-9(3)8(2)7-16-13;/h6-7,12H,5H2,1-4H3,(H,14,15);1H. The van der Waals surface area contributed by atoms with E-state index in [2.05, 4.69) is 37.7 Å². The lowest BCUT2D eigenvalue weighted by atomic mass is 10.00. The number of hydrogen-bond acceptors (Lipinski definition) is 3. The van der Waals surface area contributed by atoms with Gasteiger partial charge >= 0.3 is 0 Å². The van der Waals surface area contributed by atoms with Gasteiger partial charge in [0, 0.05) is 11.1 Å². The first kappa shape index (κ1) is 14.3. The summed E-state index contributed by atoms with van der Waals surface area (Å²) < 4.78 is 0. The third kappa shape index (κ3) is 2.72. The lowest BCUT2D eigenvalue weighted by Crippen LogP contribution is -2.21. The Kier molecular flexibility index (Phi) is 4.78. The van der Waals surface area contributed by atoms with Gasteiger partial charge in [-0.15, -0.1) is 23.7 Å². The summed E-state index contributed by atoms with van der Waals surface area (Å²) in [7, 11) is 0. The van der Waals surface area contributed by atoms with E-state index in [9.17, 15) is 0 Å². The van der Waals surface area contributed by atoms with Crippen LogP contribution in [0.5, 0.6) is 0 Å². The summed E-state index contributed by atoms with van der Waals surface area (Å²) >= 11 is 1.83. The van der Waals surface area contributed by atoms with Crippen molar-refractivity contribution >= 4 is 29.6 Å². The summed E-state index contributed by atoms with van der Waals surface area (Å²) in [6.45, 7) is 8.57. The number of hydrogen-bond donors (Lipinski definition) is 1. The number of amidine groups is 1. The molecule has 0 spiro atoms. The number of rotatable bonds is 2. The minimum atomic E-state index is 0. The molecule has 0 aliphatic carbocycles. The van der Waals surface area contributed by atoms with E-state index in [1.165, 1.54) is 21.6 Å². The van der Waals surface area contributed by atoms with Crippen molar-refractivity contribution in [3.8, 4) is 0 Å². The highest BCUT2D eigenvalue weighted by molar-refractivity contribution is 7.10. The summed E-state index contributed by atoms with van der Waals surface area (Å²) in [5.41, 5.74) is 4.14. The Morgan fingerprint density at radius 2 is 2.06 bits per heavy atom. The van der Waals surface area contributed by atoms with E-state index >= 15 is 0 Å². The first-order valence-corrected chi connectivity index (χ1v) is 6.56. The monoisotopic (exact) mass is 270 g/mol. The van der Waals surface area contributed by atoms with Crippen LogP contribution >= 0.6 is 23.7 Å². The number of aliphatic imine (C=N–C) groups is 1. The van der Waals surface area contributed by atoms with Crippen molar-refractivity contribution in [1.82, 2.24) is 5.32 Å². The number of nitrogens with zero attached hydrogens (tertiary/aromatic N) is 1. The highest BCUT2D eigenvalue weighted by Gasteiger charge is 2.21. The fraction of sp³-hybridized carbons (Fsp3) is 0.462. The zero-order valence-corrected chi connectivity index (χ0v) is 12.3. The van der Waals surface area contributed by atoms with Crippen LogP contribution in [-0.2, 0) is 0 Å². The average molecular weight is 271 g/mol. The van der Waals surface area contributed by atoms with Crippen LogP contribution in [0.2, 0.25) is 0 Å². The molecule has 17 heavy (non-hydrogen) atoms. The van der Waals surface area contributed by atoms with Crippen LogP contribution < -0.4 is 5.32 Å². The molecule has 1 N–H and O–H groups in total. The maximum Gasteiger partial charge on any atom is 0.109 e. The zero-order chi connectivity index (χ0) is 11.7. The maximum absolute atomic E-state index is 4.73. The van der Waals surface area contributed by atoms with E-state index in [1.54, 1.807) is 0 Å². The third-order valence-electron chi connectivity index (χ3n) is 3.12. The van der Waals surface area contributed by atoms with E-state index in [0.717, 1.165) is 12.3 Å². The third-order valence-corrected chi connectivity index (χ3v) is 4.38. The Bertz CT molecular complexity index is 460. The average Bonchev–Trinajstić information content (AvgIpc) is 2.60. The molecule has 1 atom stereocenters. The van der Waals surface area contributed by atoms with E-state index in [-0.39, 0.29) is 18.4 Å². The zero-order valence-electron chi connectivity index (χ0n) is 10.7. The Labute approximate surface area is 113 Å². The Hall–Kier alpha value is -0.800. The Morgan fingerprint density at radius 3 is 2.59 bits per heavy atom. The molecule has 0 saturated heterocycles. The van der Waals surface area contributed by atoms with Gasteiger partial charge in [-0.2, -0.15) is 0 Å². The van der Waals surface area contributed by atoms with Crippen molar-refractivity contribution in [1.29, 1.82) is 0 Å². The van der Waals surface area contributed by atoms with Gasteiger partial charge in [0.25, 0.3) is 0 Å². The van der Waals surface area contributed by atoms with Gasteiger partial charge in [-0.05, 0) is 49.3 Å². The normalized spacial score (nSPS) is 18.9. The van der Waals surface area contributed by atoms with E-state index in [4.69, 9.17) is 4.99 Å². The molecule has 2 heterocycles. The molecule has 0 amide bonds. The van der Waals surface area contributed by atoms with E-state index in [0.29, 0.717) is 0 Å². The molecule has 1 aliphatic heterocycles. The number of halogens is 1. The van der Waals surface area contributed by atoms with Crippen LogP contribution in [0.15, 0.2) is 22.1 Å². The van der Waals surface area contributed by atoms with Crippen LogP contribution in [0, 0.1) is 13.8 Å². The maximum atomic E-state index is 4.73. The van der Waals surface area contributed by atoms with E-state index < -0.39 is 0 Å². The SMILES string of the molecule is CCC1=CNC(C)=NC1c1scc(C)c1C.Cl. The van der Waals surface area contributed by atoms with Crippen molar-refractivity contribution in [2.45, 2.75) is 40.2 Å². The molecular formula is C13H19ClN2S. The molecule has 2 rings (SSSR count). The molecule has 0 aromatic carbocycles. The Morgan fingerprint density at radius 1 is 1.35 bits per heavy atom. The molecule has 0 radical (unpaired) electrons. The van der Waals surface area contributed by atoms with Crippen LogP contribution in [0.1, 0.15) is 42.3 Å². The molecule has 94 valence electrons. The van der Waals surface area contributed by atoms with Crippen molar-refractivity contribution in [2.24, 2.45) is 4.99 Å². The quantitative estimate of drug-likeness (QED) is 0.858. The minimum Gasteiger partial charge on any atom is -0.351 e. The molecule has 1 unspecified atom stereocenters. The topological polar surface area (TPSA) is 24.4 Å². The molecule has 1 aliphatic rings. The first-order chi connectivity index (χ1) is 7.63. The number of aryl methyl sites for hydroxylation is 1. The fourth-order valence-corrected chi connectivity index (χ4v) is 3.06. The largest absolute Gasteiger partial charge is 0.351 e. The summed E-state index contributed by atoms with van der Waals surface area (Å²) in [6, 6.07) is 0.241. The summed E-state index contributed by atoms with van der Waals surface area (Å²) in [4.78, 5) is 6.12. The van der Waals surface area contributed by atoms with Crippen LogP contribution in [-0.4, -0.2) is 5.84 Å². The van der Waals surface area contributed by atoms with Crippen molar-refractivity contribution < 1.29 is 0 Å². The second-order valence-electron chi connectivity index (χ2n) is 4.24. The van der Waals surface area contributed by atoms with Crippen molar-refractivity contribution in [3.05, 3.63) is 33.2 Å². The van der Waals surface area contributed by atoms with E-state index in [1.807, 2.05) is 18.3 Å². The van der Waals surface area contributed by atoms with Crippen molar-refractivity contribution in [3.63, 3.8) is 0 Å². The van der Waals surface area contributed by atoms with Gasteiger partial charge in [0.1, 0.15) is 6.04 Å². The highest BCUT2D eigenvalue weighted by Crippen LogP contribution is 2.36. The molecule has 2 nitrogen and oxygen atoms in total. The van der Waals surface area contributed by atoms with Gasteiger partial charge < -0.3 is 5.32 Å². The van der Waals surface area contributed by atoms with Gasteiger partial charge in [-0.25, -0.2) is 0 Å².